The molecule has 0 atom stereocenters. The van der Waals surface area contributed by atoms with Crippen molar-refractivity contribution in [3.05, 3.63) is 40.9 Å². The Morgan fingerprint density at radius 3 is 2.69 bits per heavy atom. The van der Waals surface area contributed by atoms with Gasteiger partial charge in [0, 0.05) is 57.2 Å². The average Bonchev–Trinajstić information content (AvgIpc) is 3.13. The van der Waals surface area contributed by atoms with Gasteiger partial charge in [0.1, 0.15) is 5.52 Å². The first kappa shape index (κ1) is 25.0. The number of pyridine rings is 2. The molecule has 4 heterocycles. The summed E-state index contributed by atoms with van der Waals surface area (Å²) < 4.78 is 12.6. The van der Waals surface area contributed by atoms with Crippen LogP contribution >= 0.6 is 0 Å². The lowest BCUT2D eigenvalue weighted by molar-refractivity contribution is 0.127. The van der Waals surface area contributed by atoms with Crippen molar-refractivity contribution >= 4 is 16.9 Å². The van der Waals surface area contributed by atoms with Gasteiger partial charge in [0.05, 0.1) is 37.7 Å². The number of aliphatic hydroxyl groups excluding tert-OH is 1. The van der Waals surface area contributed by atoms with Crippen LogP contribution in [0.2, 0.25) is 0 Å². The molecule has 0 bridgehead atoms. The van der Waals surface area contributed by atoms with E-state index in [1.54, 1.807) is 30.1 Å². The van der Waals surface area contributed by atoms with Gasteiger partial charge < -0.3 is 24.0 Å². The quantitative estimate of drug-likeness (QED) is 0.433. The molecule has 1 N–H and O–H groups in total. The van der Waals surface area contributed by atoms with Gasteiger partial charge in [0.15, 0.2) is 5.82 Å². The standard InChI is InChI=1S/C25H34N6O4/c1-3-14-35-15-12-31-22-16-20(19-5-6-23(34-2)27-17-19)26-18-21(22)28-24(25(31)33)30-8-4-7-29(9-10-30)11-13-32/h5-6,16-18,32H,3-4,7-15H2,1-2H3. The largest absolute Gasteiger partial charge is 0.481 e. The number of rotatable bonds is 10. The number of fused-ring (bicyclic) bond motifs is 1. The van der Waals surface area contributed by atoms with Gasteiger partial charge in [-0.3, -0.25) is 14.7 Å². The zero-order chi connectivity index (χ0) is 24.6. The number of β-amino-alcohol motifs (C(OH)–C–C–N with tert-alkyl or cyclic N) is 1. The number of ether oxygens (including phenoxy) is 2. The predicted molar refractivity (Wildman–Crippen MR) is 135 cm³/mol. The van der Waals surface area contributed by atoms with Crippen LogP contribution in [-0.2, 0) is 11.3 Å². The van der Waals surface area contributed by atoms with Crippen LogP contribution in [0.15, 0.2) is 35.4 Å². The molecule has 0 radical (unpaired) electrons. The molecule has 10 nitrogen and oxygen atoms in total. The Bertz CT molecular complexity index is 1170. The minimum absolute atomic E-state index is 0.127. The fraction of sp³-hybridized carbons (Fsp3) is 0.520. The topological polar surface area (TPSA) is 106 Å². The molecule has 35 heavy (non-hydrogen) atoms. The fourth-order valence-electron chi connectivity index (χ4n) is 4.32. The summed E-state index contributed by atoms with van der Waals surface area (Å²) in [6.07, 6.45) is 5.25. The number of anilines is 1. The average molecular weight is 483 g/mol. The Kier molecular flexibility index (Phi) is 8.62. The van der Waals surface area contributed by atoms with E-state index in [1.165, 1.54) is 0 Å². The van der Waals surface area contributed by atoms with Crippen molar-refractivity contribution in [2.75, 3.05) is 64.6 Å². The monoisotopic (exact) mass is 482 g/mol. The molecule has 1 aliphatic rings. The molecule has 3 aromatic rings. The van der Waals surface area contributed by atoms with Crippen molar-refractivity contribution < 1.29 is 14.6 Å². The molecule has 3 aromatic heterocycles. The van der Waals surface area contributed by atoms with Crippen LogP contribution in [-0.4, -0.2) is 89.2 Å². The van der Waals surface area contributed by atoms with Gasteiger partial charge in [0.2, 0.25) is 5.88 Å². The molecule has 0 amide bonds. The molecule has 0 unspecified atom stereocenters. The third-order valence-corrected chi connectivity index (χ3v) is 6.17. The fourth-order valence-corrected chi connectivity index (χ4v) is 4.32. The summed E-state index contributed by atoms with van der Waals surface area (Å²) in [6.45, 7) is 7.47. The molecule has 10 heteroatoms. The van der Waals surface area contributed by atoms with Crippen LogP contribution in [0.5, 0.6) is 5.88 Å². The van der Waals surface area contributed by atoms with Gasteiger partial charge in [-0.25, -0.2) is 9.97 Å². The van der Waals surface area contributed by atoms with Crippen LogP contribution in [0.3, 0.4) is 0 Å². The van der Waals surface area contributed by atoms with E-state index < -0.39 is 0 Å². The van der Waals surface area contributed by atoms with Crippen LogP contribution < -0.4 is 15.2 Å². The third-order valence-electron chi connectivity index (χ3n) is 6.17. The van der Waals surface area contributed by atoms with E-state index in [-0.39, 0.29) is 12.2 Å². The smallest absolute Gasteiger partial charge is 0.294 e. The molecule has 0 aromatic carbocycles. The molecule has 1 fully saturated rings. The van der Waals surface area contributed by atoms with Crippen molar-refractivity contribution in [2.24, 2.45) is 0 Å². The molecule has 0 spiro atoms. The lowest BCUT2D eigenvalue weighted by Gasteiger charge is -2.23. The Morgan fingerprint density at radius 2 is 1.94 bits per heavy atom. The normalized spacial score (nSPS) is 14.9. The molecular weight excluding hydrogens is 448 g/mol. The van der Waals surface area contributed by atoms with Crippen molar-refractivity contribution in [3.8, 4) is 17.1 Å². The molecule has 1 aliphatic heterocycles. The zero-order valence-corrected chi connectivity index (χ0v) is 20.5. The Labute approximate surface area is 205 Å². The summed E-state index contributed by atoms with van der Waals surface area (Å²) >= 11 is 0. The molecule has 188 valence electrons. The number of methoxy groups -OCH3 is 1. The van der Waals surface area contributed by atoms with Crippen LogP contribution in [0.4, 0.5) is 5.82 Å². The maximum Gasteiger partial charge on any atom is 0.294 e. The highest BCUT2D eigenvalue weighted by Crippen LogP contribution is 2.23. The number of hydrogen-bond donors (Lipinski definition) is 1. The minimum atomic E-state index is -0.127. The summed E-state index contributed by atoms with van der Waals surface area (Å²) in [5.74, 6) is 0.973. The predicted octanol–water partition coefficient (Wildman–Crippen LogP) is 1.79. The van der Waals surface area contributed by atoms with E-state index >= 15 is 0 Å². The second-order valence-corrected chi connectivity index (χ2v) is 8.56. The van der Waals surface area contributed by atoms with E-state index in [1.807, 2.05) is 12.1 Å². The summed E-state index contributed by atoms with van der Waals surface area (Å²) in [7, 11) is 1.58. The highest BCUT2D eigenvalue weighted by molar-refractivity contribution is 5.80. The molecule has 0 aliphatic carbocycles. The van der Waals surface area contributed by atoms with Crippen molar-refractivity contribution in [2.45, 2.75) is 26.3 Å². The van der Waals surface area contributed by atoms with Crippen LogP contribution in [0.1, 0.15) is 19.8 Å². The number of nitrogens with zero attached hydrogens (tertiary/aromatic N) is 6. The first-order chi connectivity index (χ1) is 17.1. The van der Waals surface area contributed by atoms with Crippen LogP contribution in [0, 0.1) is 0 Å². The second-order valence-electron chi connectivity index (χ2n) is 8.56. The highest BCUT2D eigenvalue weighted by Gasteiger charge is 2.21. The van der Waals surface area contributed by atoms with E-state index in [0.717, 1.165) is 43.6 Å². The van der Waals surface area contributed by atoms with E-state index in [4.69, 9.17) is 14.5 Å². The van der Waals surface area contributed by atoms with E-state index in [0.29, 0.717) is 55.8 Å². The van der Waals surface area contributed by atoms with Crippen molar-refractivity contribution in [1.82, 2.24) is 24.4 Å². The molecular formula is C25H34N6O4. The van der Waals surface area contributed by atoms with Crippen LogP contribution in [0.25, 0.3) is 22.3 Å². The number of hydrogen-bond acceptors (Lipinski definition) is 9. The maximum absolute atomic E-state index is 13.7. The van der Waals surface area contributed by atoms with E-state index in [9.17, 15) is 9.90 Å². The summed E-state index contributed by atoms with van der Waals surface area (Å²) in [5.41, 5.74) is 2.79. The molecule has 1 saturated heterocycles. The Hall–Kier alpha value is -3.08. The lowest BCUT2D eigenvalue weighted by atomic mass is 10.2. The summed E-state index contributed by atoms with van der Waals surface area (Å²) in [5, 5.41) is 9.29. The van der Waals surface area contributed by atoms with Gasteiger partial charge in [0.25, 0.3) is 5.56 Å². The van der Waals surface area contributed by atoms with Crippen molar-refractivity contribution in [1.29, 1.82) is 0 Å². The second kappa shape index (κ2) is 12.1. The zero-order valence-electron chi connectivity index (χ0n) is 20.5. The highest BCUT2D eigenvalue weighted by atomic mass is 16.5. The summed E-state index contributed by atoms with van der Waals surface area (Å²) in [6, 6.07) is 5.57. The first-order valence-electron chi connectivity index (χ1n) is 12.2. The van der Waals surface area contributed by atoms with Gasteiger partial charge in [-0.15, -0.1) is 0 Å². The first-order valence-corrected chi connectivity index (χ1v) is 12.2. The maximum atomic E-state index is 13.7. The SMILES string of the molecule is CCCOCCn1c(=O)c(N2CCCN(CCO)CC2)nc2cnc(-c3ccc(OC)nc3)cc21. The number of aromatic nitrogens is 4. The van der Waals surface area contributed by atoms with Crippen molar-refractivity contribution in [3.63, 3.8) is 0 Å². The minimum Gasteiger partial charge on any atom is -0.481 e. The Morgan fingerprint density at radius 1 is 1.06 bits per heavy atom. The summed E-state index contributed by atoms with van der Waals surface area (Å²) in [4.78, 5) is 31.6. The third kappa shape index (κ3) is 5.95. The van der Waals surface area contributed by atoms with Gasteiger partial charge >= 0.3 is 0 Å². The van der Waals surface area contributed by atoms with Gasteiger partial charge in [-0.05, 0) is 31.5 Å². The van der Waals surface area contributed by atoms with Gasteiger partial charge in [-0.2, -0.15) is 0 Å². The number of aliphatic hydroxyl groups is 1. The lowest BCUT2D eigenvalue weighted by Crippen LogP contribution is -2.37. The molecule has 4 rings (SSSR count). The molecule has 0 saturated carbocycles. The van der Waals surface area contributed by atoms with E-state index in [2.05, 4.69) is 26.7 Å². The van der Waals surface area contributed by atoms with Gasteiger partial charge in [-0.1, -0.05) is 6.92 Å². The Balaban J connectivity index is 1.71.